The Morgan fingerprint density at radius 2 is 2.42 bits per heavy atom. The van der Waals surface area contributed by atoms with Gasteiger partial charge in [0.2, 0.25) is 0 Å². The normalized spacial score (nSPS) is 27.6. The summed E-state index contributed by atoms with van der Waals surface area (Å²) in [6, 6.07) is 6.00. The zero-order chi connectivity index (χ0) is 16.4. The molecule has 1 spiro atoms. The molecule has 1 amide bonds. The molecule has 0 aromatic carbocycles. The van der Waals surface area contributed by atoms with Gasteiger partial charge in [-0.15, -0.1) is 0 Å². The van der Waals surface area contributed by atoms with E-state index in [0.717, 1.165) is 50.2 Å². The van der Waals surface area contributed by atoms with Gasteiger partial charge >= 0.3 is 0 Å². The Hall–Kier alpha value is -1.63. The molecule has 1 N–H and O–H groups in total. The highest BCUT2D eigenvalue weighted by atomic mass is 32.1. The van der Waals surface area contributed by atoms with Crippen molar-refractivity contribution in [2.24, 2.45) is 0 Å². The number of likely N-dealkylation sites (tertiary alicyclic amines) is 1. The predicted molar refractivity (Wildman–Crippen MR) is 92.1 cm³/mol. The lowest BCUT2D eigenvalue weighted by Crippen LogP contribution is -2.49. The number of hydrogen-bond donors (Lipinski definition) is 1. The summed E-state index contributed by atoms with van der Waals surface area (Å²) in [5.41, 5.74) is 0.628. The van der Waals surface area contributed by atoms with Gasteiger partial charge in [-0.25, -0.2) is 0 Å². The van der Waals surface area contributed by atoms with Gasteiger partial charge in [-0.3, -0.25) is 9.69 Å². The fraction of sp³-hybridized carbons (Fsp3) is 0.500. The first-order valence-corrected chi connectivity index (χ1v) is 9.39. The first-order chi connectivity index (χ1) is 11.7. The minimum Gasteiger partial charge on any atom is -0.468 e. The third kappa shape index (κ3) is 3.41. The summed E-state index contributed by atoms with van der Waals surface area (Å²) >= 11 is 1.55. The third-order valence-corrected chi connectivity index (χ3v) is 5.65. The van der Waals surface area contributed by atoms with Crippen LogP contribution in [0.1, 0.15) is 35.4 Å². The molecule has 4 rings (SSSR count). The van der Waals surface area contributed by atoms with Crippen LogP contribution >= 0.6 is 11.3 Å². The van der Waals surface area contributed by atoms with Crippen LogP contribution in [0.25, 0.3) is 0 Å². The second kappa shape index (κ2) is 6.70. The molecule has 0 radical (unpaired) electrons. The Bertz CT molecular complexity index is 671. The average molecular weight is 346 g/mol. The molecule has 24 heavy (non-hydrogen) atoms. The van der Waals surface area contributed by atoms with Gasteiger partial charge in [0.15, 0.2) is 0 Å². The second-order valence-electron chi connectivity index (χ2n) is 6.75. The molecular formula is C18H22N2O3S. The van der Waals surface area contributed by atoms with Crippen molar-refractivity contribution in [3.8, 4) is 0 Å². The highest BCUT2D eigenvalue weighted by molar-refractivity contribution is 7.08. The van der Waals surface area contributed by atoms with E-state index in [9.17, 15) is 4.79 Å². The molecule has 2 aromatic rings. The Kier molecular flexibility index (Phi) is 4.43. The fourth-order valence-corrected chi connectivity index (χ4v) is 4.42. The van der Waals surface area contributed by atoms with E-state index in [1.165, 1.54) is 0 Å². The molecule has 6 heteroatoms. The highest BCUT2D eigenvalue weighted by Gasteiger charge is 2.43. The van der Waals surface area contributed by atoms with Gasteiger partial charge in [0.25, 0.3) is 5.91 Å². The minimum absolute atomic E-state index is 0.0312. The number of hydrogen-bond acceptors (Lipinski definition) is 5. The molecule has 0 aliphatic carbocycles. The van der Waals surface area contributed by atoms with Crippen molar-refractivity contribution in [2.45, 2.75) is 37.5 Å². The summed E-state index contributed by atoms with van der Waals surface area (Å²) in [6.07, 6.45) is 4.50. The topological polar surface area (TPSA) is 54.7 Å². The van der Waals surface area contributed by atoms with E-state index in [1.54, 1.807) is 17.6 Å². The lowest BCUT2D eigenvalue weighted by molar-refractivity contribution is -0.0794. The van der Waals surface area contributed by atoms with Crippen molar-refractivity contribution in [3.63, 3.8) is 0 Å². The van der Waals surface area contributed by atoms with Crippen LogP contribution < -0.4 is 5.32 Å². The molecular weight excluding hydrogens is 324 g/mol. The summed E-state index contributed by atoms with van der Waals surface area (Å²) in [6.45, 7) is 3.44. The monoisotopic (exact) mass is 346 g/mol. The van der Waals surface area contributed by atoms with E-state index in [0.29, 0.717) is 6.61 Å². The molecule has 0 bridgehead atoms. The smallest absolute Gasteiger partial charge is 0.252 e. The van der Waals surface area contributed by atoms with E-state index in [-0.39, 0.29) is 17.6 Å². The van der Waals surface area contributed by atoms with Crippen molar-refractivity contribution >= 4 is 17.2 Å². The van der Waals surface area contributed by atoms with Crippen LogP contribution in [0.2, 0.25) is 0 Å². The van der Waals surface area contributed by atoms with Crippen LogP contribution in [0, 0.1) is 0 Å². The summed E-state index contributed by atoms with van der Waals surface area (Å²) < 4.78 is 11.6. The van der Waals surface area contributed by atoms with E-state index < -0.39 is 0 Å². The van der Waals surface area contributed by atoms with Crippen LogP contribution in [0.5, 0.6) is 0 Å². The summed E-state index contributed by atoms with van der Waals surface area (Å²) in [5.74, 6) is 1.02. The number of ether oxygens (including phenoxy) is 1. The number of carbonyl (C=O) groups is 1. The standard InChI is InChI=1S/C18H22N2O3S/c21-17(14-4-9-24-12-14)19-15-3-8-23-18(10-15)5-6-20(13-18)11-16-2-1-7-22-16/h1-2,4,7,9,12,15H,3,5-6,8,10-11,13H2,(H,19,21)/t15-,18-/m0/s1. The van der Waals surface area contributed by atoms with Crippen molar-refractivity contribution < 1.29 is 13.9 Å². The Labute approximate surface area is 145 Å². The first kappa shape index (κ1) is 15.9. The number of nitrogens with one attached hydrogen (secondary N) is 1. The minimum atomic E-state index is -0.128. The van der Waals surface area contributed by atoms with Gasteiger partial charge in [0, 0.05) is 36.7 Å². The molecule has 0 unspecified atom stereocenters. The zero-order valence-electron chi connectivity index (χ0n) is 13.6. The molecule has 5 nitrogen and oxygen atoms in total. The second-order valence-corrected chi connectivity index (χ2v) is 7.53. The van der Waals surface area contributed by atoms with Crippen molar-refractivity contribution in [3.05, 3.63) is 46.5 Å². The molecule has 0 saturated carbocycles. The van der Waals surface area contributed by atoms with Gasteiger partial charge in [-0.05, 0) is 42.8 Å². The van der Waals surface area contributed by atoms with Crippen LogP contribution in [0.3, 0.4) is 0 Å². The Balaban J connectivity index is 1.35. The quantitative estimate of drug-likeness (QED) is 0.925. The molecule has 2 atom stereocenters. The Morgan fingerprint density at radius 3 is 3.21 bits per heavy atom. The molecule has 2 aliphatic rings. The summed E-state index contributed by atoms with van der Waals surface area (Å²) in [7, 11) is 0. The van der Waals surface area contributed by atoms with Gasteiger partial charge in [0.1, 0.15) is 5.76 Å². The maximum atomic E-state index is 12.3. The lowest BCUT2D eigenvalue weighted by atomic mass is 9.89. The Morgan fingerprint density at radius 1 is 1.46 bits per heavy atom. The molecule has 2 aromatic heterocycles. The first-order valence-electron chi connectivity index (χ1n) is 8.44. The van der Waals surface area contributed by atoms with Gasteiger partial charge in [-0.1, -0.05) is 0 Å². The maximum absolute atomic E-state index is 12.3. The maximum Gasteiger partial charge on any atom is 0.252 e. The molecule has 2 saturated heterocycles. The van der Waals surface area contributed by atoms with E-state index in [2.05, 4.69) is 10.2 Å². The van der Waals surface area contributed by atoms with Gasteiger partial charge < -0.3 is 14.5 Å². The predicted octanol–water partition coefficient (Wildman–Crippen LogP) is 2.89. The molecule has 4 heterocycles. The lowest BCUT2D eigenvalue weighted by Gasteiger charge is -2.38. The average Bonchev–Trinajstić information content (AvgIpc) is 3.31. The summed E-state index contributed by atoms with van der Waals surface area (Å²) in [4.78, 5) is 14.7. The fourth-order valence-electron chi connectivity index (χ4n) is 3.78. The number of rotatable bonds is 4. The van der Waals surface area contributed by atoms with Crippen molar-refractivity contribution in [2.75, 3.05) is 19.7 Å². The highest BCUT2D eigenvalue weighted by Crippen LogP contribution is 2.35. The molecule has 128 valence electrons. The number of thiophene rings is 1. The summed E-state index contributed by atoms with van der Waals surface area (Å²) in [5, 5.41) is 7.01. The largest absolute Gasteiger partial charge is 0.468 e. The molecule has 2 fully saturated rings. The van der Waals surface area contributed by atoms with Crippen molar-refractivity contribution in [1.82, 2.24) is 10.2 Å². The number of amides is 1. The van der Waals surface area contributed by atoms with Crippen molar-refractivity contribution in [1.29, 1.82) is 0 Å². The van der Waals surface area contributed by atoms with Crippen LogP contribution in [0.4, 0.5) is 0 Å². The third-order valence-electron chi connectivity index (χ3n) is 4.97. The van der Waals surface area contributed by atoms with Gasteiger partial charge in [-0.2, -0.15) is 11.3 Å². The zero-order valence-corrected chi connectivity index (χ0v) is 14.4. The van der Waals surface area contributed by atoms with E-state index in [4.69, 9.17) is 9.15 Å². The van der Waals surface area contributed by atoms with Crippen LogP contribution in [-0.4, -0.2) is 42.1 Å². The van der Waals surface area contributed by atoms with E-state index >= 15 is 0 Å². The van der Waals surface area contributed by atoms with E-state index in [1.807, 2.05) is 29.0 Å². The number of carbonyl (C=O) groups excluding carboxylic acids is 1. The van der Waals surface area contributed by atoms with Crippen LogP contribution in [-0.2, 0) is 11.3 Å². The molecule has 2 aliphatic heterocycles. The number of furan rings is 1. The van der Waals surface area contributed by atoms with Gasteiger partial charge in [0.05, 0.1) is 18.4 Å². The number of nitrogens with zero attached hydrogens (tertiary/aromatic N) is 1. The SMILES string of the molecule is O=C(N[C@H]1CCO[C@@]2(CCN(Cc3ccco3)C2)C1)c1ccsc1. The van der Waals surface area contributed by atoms with Crippen LogP contribution in [0.15, 0.2) is 39.6 Å².